The number of aryl methyl sites for hydroxylation is 1. The van der Waals surface area contributed by atoms with E-state index in [-0.39, 0.29) is 11.7 Å². The van der Waals surface area contributed by atoms with Crippen LogP contribution >= 0.6 is 11.6 Å². The monoisotopic (exact) mass is 360 g/mol. The molecule has 2 aromatic rings. The number of anilines is 2. The Morgan fingerprint density at radius 3 is 2.36 bits per heavy atom. The Bertz CT molecular complexity index is 788. The molecule has 0 aliphatic carbocycles. The number of hydrogen-bond acceptors (Lipinski definition) is 4. The second-order valence-corrected chi connectivity index (χ2v) is 6.20. The smallest absolute Gasteiger partial charge is 0.246 e. The van der Waals surface area contributed by atoms with Crippen LogP contribution in [0.3, 0.4) is 0 Å². The van der Waals surface area contributed by atoms with Crippen molar-refractivity contribution in [1.29, 1.82) is 0 Å². The van der Waals surface area contributed by atoms with Gasteiger partial charge in [0, 0.05) is 22.3 Å². The largest absolute Gasteiger partial charge is 0.495 e. The lowest BCUT2D eigenvalue weighted by Crippen LogP contribution is -2.32. The predicted molar refractivity (Wildman–Crippen MR) is 101 cm³/mol. The number of Topliss-reactive ketones (excluding diaryl/α,β-unsaturated/α-hetero) is 1. The predicted octanol–water partition coefficient (Wildman–Crippen LogP) is 4.30. The van der Waals surface area contributed by atoms with Gasteiger partial charge >= 0.3 is 0 Å². The highest BCUT2D eigenvalue weighted by Crippen LogP contribution is 2.31. The van der Waals surface area contributed by atoms with Crippen LogP contribution in [0.25, 0.3) is 0 Å². The van der Waals surface area contributed by atoms with E-state index in [9.17, 15) is 9.59 Å². The lowest BCUT2D eigenvalue weighted by atomic mass is 10.1. The number of ketones is 1. The topological polar surface area (TPSA) is 67.4 Å². The number of ether oxygens (including phenoxy) is 1. The molecular formula is C19H21ClN2O3. The number of carbonyl (C=O) groups is 2. The van der Waals surface area contributed by atoms with Crippen LogP contribution in [0.1, 0.15) is 29.8 Å². The van der Waals surface area contributed by atoms with Crippen LogP contribution in [0.5, 0.6) is 5.75 Å². The van der Waals surface area contributed by atoms with Crippen molar-refractivity contribution in [3.8, 4) is 5.75 Å². The van der Waals surface area contributed by atoms with Gasteiger partial charge in [0.25, 0.3) is 0 Å². The second-order valence-electron chi connectivity index (χ2n) is 5.79. The summed E-state index contributed by atoms with van der Waals surface area (Å²) in [4.78, 5) is 23.7. The minimum absolute atomic E-state index is 0.0156. The van der Waals surface area contributed by atoms with Crippen LogP contribution in [-0.2, 0) is 4.79 Å². The highest BCUT2D eigenvalue weighted by Gasteiger charge is 2.16. The minimum atomic E-state index is -0.498. The molecule has 0 aromatic heterocycles. The van der Waals surface area contributed by atoms with Gasteiger partial charge in [-0.15, -0.1) is 0 Å². The van der Waals surface area contributed by atoms with E-state index in [0.29, 0.717) is 27.7 Å². The Morgan fingerprint density at radius 2 is 1.80 bits per heavy atom. The fraction of sp³-hybridized carbons (Fsp3) is 0.263. The van der Waals surface area contributed by atoms with Crippen LogP contribution in [-0.4, -0.2) is 24.8 Å². The van der Waals surface area contributed by atoms with Crippen molar-refractivity contribution in [3.63, 3.8) is 0 Å². The number of amides is 1. The van der Waals surface area contributed by atoms with Crippen LogP contribution in [0, 0.1) is 6.92 Å². The number of hydrogen-bond donors (Lipinski definition) is 2. The Labute approximate surface area is 152 Å². The Morgan fingerprint density at radius 1 is 1.16 bits per heavy atom. The van der Waals surface area contributed by atoms with Crippen molar-refractivity contribution < 1.29 is 14.3 Å². The lowest BCUT2D eigenvalue weighted by Gasteiger charge is -2.18. The van der Waals surface area contributed by atoms with Gasteiger partial charge in [-0.25, -0.2) is 0 Å². The van der Waals surface area contributed by atoms with Crippen molar-refractivity contribution in [3.05, 3.63) is 52.5 Å². The molecule has 2 rings (SSSR count). The third kappa shape index (κ3) is 4.73. The van der Waals surface area contributed by atoms with E-state index in [1.54, 1.807) is 44.4 Å². The first-order valence-corrected chi connectivity index (χ1v) is 8.22. The fourth-order valence-corrected chi connectivity index (χ4v) is 2.44. The molecule has 1 atom stereocenters. The van der Waals surface area contributed by atoms with Crippen molar-refractivity contribution >= 4 is 34.7 Å². The zero-order valence-electron chi connectivity index (χ0n) is 14.6. The van der Waals surface area contributed by atoms with E-state index < -0.39 is 6.04 Å². The molecule has 0 saturated heterocycles. The quantitative estimate of drug-likeness (QED) is 0.754. The van der Waals surface area contributed by atoms with Gasteiger partial charge in [0.2, 0.25) is 5.91 Å². The molecule has 1 unspecified atom stereocenters. The van der Waals surface area contributed by atoms with E-state index in [0.717, 1.165) is 5.56 Å². The van der Waals surface area contributed by atoms with Crippen LogP contribution in [0.2, 0.25) is 5.02 Å². The molecule has 0 saturated carbocycles. The molecule has 6 heteroatoms. The highest BCUT2D eigenvalue weighted by atomic mass is 35.5. The summed E-state index contributed by atoms with van der Waals surface area (Å²) >= 11 is 6.09. The highest BCUT2D eigenvalue weighted by molar-refractivity contribution is 6.31. The molecule has 0 bridgehead atoms. The van der Waals surface area contributed by atoms with Crippen molar-refractivity contribution in [2.75, 3.05) is 17.7 Å². The summed E-state index contributed by atoms with van der Waals surface area (Å²) < 4.78 is 5.31. The maximum absolute atomic E-state index is 12.4. The molecule has 0 radical (unpaired) electrons. The molecule has 0 spiro atoms. The minimum Gasteiger partial charge on any atom is -0.495 e. The van der Waals surface area contributed by atoms with Crippen molar-refractivity contribution in [2.45, 2.75) is 26.8 Å². The number of methoxy groups -OCH3 is 1. The molecule has 1 amide bonds. The van der Waals surface area contributed by atoms with E-state index in [2.05, 4.69) is 10.6 Å². The number of benzene rings is 2. The normalized spacial score (nSPS) is 11.6. The van der Waals surface area contributed by atoms with Gasteiger partial charge in [0.1, 0.15) is 11.8 Å². The molecule has 0 aliphatic heterocycles. The van der Waals surface area contributed by atoms with Gasteiger partial charge in [-0.3, -0.25) is 9.59 Å². The maximum Gasteiger partial charge on any atom is 0.246 e. The summed E-state index contributed by atoms with van der Waals surface area (Å²) in [6, 6.07) is 9.82. The average molecular weight is 361 g/mol. The summed E-state index contributed by atoms with van der Waals surface area (Å²) in [5.74, 6) is 0.351. The van der Waals surface area contributed by atoms with Crippen LogP contribution in [0.4, 0.5) is 11.4 Å². The third-order valence-electron chi connectivity index (χ3n) is 3.81. The standard InChI is InChI=1S/C19H21ClN2O3/c1-11-9-17(18(25-4)10-16(11)20)21-12(2)19(24)22-15-7-5-14(6-8-15)13(3)23/h5-10,12,21H,1-4H3,(H,22,24). The molecule has 132 valence electrons. The van der Waals surface area contributed by atoms with E-state index in [1.807, 2.05) is 13.0 Å². The number of carbonyl (C=O) groups excluding carboxylic acids is 2. The molecule has 0 fully saturated rings. The van der Waals surface area contributed by atoms with Crippen LogP contribution in [0.15, 0.2) is 36.4 Å². The van der Waals surface area contributed by atoms with E-state index in [1.165, 1.54) is 6.92 Å². The Kier molecular flexibility index (Phi) is 6.04. The Balaban J connectivity index is 2.07. The van der Waals surface area contributed by atoms with E-state index in [4.69, 9.17) is 16.3 Å². The van der Waals surface area contributed by atoms with Gasteiger partial charge in [0.05, 0.1) is 12.8 Å². The van der Waals surface area contributed by atoms with Gasteiger partial charge in [0.15, 0.2) is 5.78 Å². The molecule has 2 N–H and O–H groups in total. The molecule has 0 heterocycles. The first-order chi connectivity index (χ1) is 11.8. The summed E-state index contributed by atoms with van der Waals surface area (Å²) in [5, 5.41) is 6.54. The summed E-state index contributed by atoms with van der Waals surface area (Å²) in [7, 11) is 1.55. The number of halogens is 1. The first-order valence-electron chi connectivity index (χ1n) is 7.84. The zero-order chi connectivity index (χ0) is 18.6. The van der Waals surface area contributed by atoms with Gasteiger partial charge in [-0.05, 0) is 56.7 Å². The van der Waals surface area contributed by atoms with Gasteiger partial charge < -0.3 is 15.4 Å². The number of rotatable bonds is 6. The number of nitrogens with one attached hydrogen (secondary N) is 2. The average Bonchev–Trinajstić information content (AvgIpc) is 2.58. The molecular weight excluding hydrogens is 340 g/mol. The second kappa shape index (κ2) is 8.03. The van der Waals surface area contributed by atoms with Gasteiger partial charge in [-0.1, -0.05) is 11.6 Å². The fourth-order valence-electron chi connectivity index (χ4n) is 2.28. The van der Waals surface area contributed by atoms with Crippen molar-refractivity contribution in [1.82, 2.24) is 0 Å². The lowest BCUT2D eigenvalue weighted by molar-refractivity contribution is -0.116. The van der Waals surface area contributed by atoms with Crippen molar-refractivity contribution in [2.24, 2.45) is 0 Å². The SMILES string of the molecule is COc1cc(Cl)c(C)cc1NC(C)C(=O)Nc1ccc(C(C)=O)cc1. The first kappa shape index (κ1) is 18.8. The molecule has 25 heavy (non-hydrogen) atoms. The Hall–Kier alpha value is -2.53. The molecule has 5 nitrogen and oxygen atoms in total. The summed E-state index contributed by atoms with van der Waals surface area (Å²) in [6.07, 6.45) is 0. The van der Waals surface area contributed by atoms with Gasteiger partial charge in [-0.2, -0.15) is 0 Å². The molecule has 0 aliphatic rings. The van der Waals surface area contributed by atoms with E-state index >= 15 is 0 Å². The zero-order valence-corrected chi connectivity index (χ0v) is 15.4. The molecule has 2 aromatic carbocycles. The maximum atomic E-state index is 12.4. The van der Waals surface area contributed by atoms with Crippen LogP contribution < -0.4 is 15.4 Å². The summed E-state index contributed by atoms with van der Waals surface area (Å²) in [5.41, 5.74) is 2.81. The third-order valence-corrected chi connectivity index (χ3v) is 4.21. The summed E-state index contributed by atoms with van der Waals surface area (Å²) in [6.45, 7) is 5.14.